The van der Waals surface area contributed by atoms with Crippen LogP contribution in [0.4, 0.5) is 26.3 Å². The molecule has 0 spiro atoms. The number of alkyl halides is 6. The van der Waals surface area contributed by atoms with Gasteiger partial charge in [-0.15, -0.1) is 0 Å². The summed E-state index contributed by atoms with van der Waals surface area (Å²) >= 11 is 0. The van der Waals surface area contributed by atoms with E-state index in [0.29, 0.717) is 6.07 Å². The highest BCUT2D eigenvalue weighted by Gasteiger charge is 2.46. The average Bonchev–Trinajstić information content (AvgIpc) is 2.04. The van der Waals surface area contributed by atoms with E-state index in [2.05, 4.69) is 0 Å². The van der Waals surface area contributed by atoms with Gasteiger partial charge in [0.05, 0.1) is 5.56 Å². The molecule has 0 atom stereocenters. The number of aromatic hydroxyl groups is 1. The molecule has 0 radical (unpaired) electrons. The van der Waals surface area contributed by atoms with E-state index in [-0.39, 0.29) is 0 Å². The third-order valence-electron chi connectivity index (χ3n) is 1.96. The number of benzene rings is 1. The van der Waals surface area contributed by atoms with Gasteiger partial charge in [0.15, 0.2) is 0 Å². The van der Waals surface area contributed by atoms with Crippen molar-refractivity contribution in [1.82, 2.24) is 0 Å². The molecule has 1 aromatic carbocycles. The van der Waals surface area contributed by atoms with E-state index in [1.165, 1.54) is 0 Å². The van der Waals surface area contributed by atoms with Crippen molar-refractivity contribution < 1.29 is 31.4 Å². The Bertz CT molecular complexity index is 365. The van der Waals surface area contributed by atoms with Crippen molar-refractivity contribution in [1.29, 1.82) is 0 Å². The molecule has 0 aliphatic heterocycles. The maximum Gasteiger partial charge on any atom is 0.420 e. The fraction of sp³-hybridized carbons (Fsp3) is 0.333. The van der Waals surface area contributed by atoms with Crippen molar-refractivity contribution in [3.63, 3.8) is 0 Å². The van der Waals surface area contributed by atoms with E-state index < -0.39 is 34.8 Å². The minimum atomic E-state index is -5.25. The maximum absolute atomic E-state index is 12.4. The van der Waals surface area contributed by atoms with Crippen LogP contribution < -0.4 is 0 Å². The van der Waals surface area contributed by atoms with Gasteiger partial charge in [0.1, 0.15) is 11.3 Å². The van der Waals surface area contributed by atoms with Gasteiger partial charge in [0.2, 0.25) is 0 Å². The van der Waals surface area contributed by atoms with E-state index in [0.717, 1.165) is 13.0 Å². The van der Waals surface area contributed by atoms with E-state index in [4.69, 9.17) is 5.11 Å². The first-order valence-electron chi connectivity index (χ1n) is 4.02. The van der Waals surface area contributed by atoms with Crippen molar-refractivity contribution in [2.75, 3.05) is 0 Å². The molecule has 0 amide bonds. The molecule has 0 saturated carbocycles. The Morgan fingerprint density at radius 2 is 1.31 bits per heavy atom. The molecule has 0 saturated heterocycles. The summed E-state index contributed by atoms with van der Waals surface area (Å²) in [6, 6.07) is 1.38. The van der Waals surface area contributed by atoms with Crippen LogP contribution in [0, 0.1) is 6.92 Å². The van der Waals surface area contributed by atoms with E-state index >= 15 is 0 Å². The summed E-state index contributed by atoms with van der Waals surface area (Å²) in [5.74, 6) is -1.43. The number of rotatable bonds is 0. The van der Waals surface area contributed by atoms with Crippen molar-refractivity contribution in [3.8, 4) is 5.75 Å². The van der Waals surface area contributed by atoms with Gasteiger partial charge in [-0.3, -0.25) is 0 Å². The zero-order valence-corrected chi connectivity index (χ0v) is 7.87. The lowest BCUT2D eigenvalue weighted by Gasteiger charge is -2.18. The predicted molar refractivity (Wildman–Crippen MR) is 42.8 cm³/mol. The van der Waals surface area contributed by atoms with Crippen LogP contribution >= 0.6 is 0 Å². The first kappa shape index (κ1) is 12.7. The molecule has 1 N–H and O–H groups in total. The summed E-state index contributed by atoms with van der Waals surface area (Å²) < 4.78 is 74.3. The number of hydrogen-bond acceptors (Lipinski definition) is 1. The Balaban J connectivity index is 3.64. The molecule has 1 nitrogen and oxygen atoms in total. The minimum absolute atomic E-state index is 0.586. The van der Waals surface area contributed by atoms with Crippen LogP contribution in [-0.4, -0.2) is 5.11 Å². The highest BCUT2D eigenvalue weighted by molar-refractivity contribution is 5.47. The zero-order valence-electron chi connectivity index (χ0n) is 7.87. The number of phenols is 1. The molecule has 1 rings (SSSR count). The molecule has 0 bridgehead atoms. The van der Waals surface area contributed by atoms with Gasteiger partial charge < -0.3 is 5.11 Å². The molecule has 0 aliphatic rings. The van der Waals surface area contributed by atoms with Gasteiger partial charge in [-0.25, -0.2) is 0 Å². The molecule has 0 aromatic heterocycles. The van der Waals surface area contributed by atoms with Gasteiger partial charge in [-0.05, 0) is 18.6 Å². The summed E-state index contributed by atoms with van der Waals surface area (Å²) in [5.41, 5.74) is -4.47. The van der Waals surface area contributed by atoms with Crippen LogP contribution in [0.5, 0.6) is 5.75 Å². The summed E-state index contributed by atoms with van der Waals surface area (Å²) in [4.78, 5) is 0. The Kier molecular flexibility index (Phi) is 2.82. The highest BCUT2D eigenvalue weighted by Crippen LogP contribution is 2.45. The summed E-state index contributed by atoms with van der Waals surface area (Å²) in [6.07, 6.45) is -10.4. The third-order valence-corrected chi connectivity index (χ3v) is 1.96. The summed E-state index contributed by atoms with van der Waals surface area (Å²) in [6.45, 7) is 0.900. The lowest BCUT2D eigenvalue weighted by molar-refractivity contribution is -0.163. The second kappa shape index (κ2) is 3.57. The lowest BCUT2D eigenvalue weighted by atomic mass is 10.00. The number of hydrogen-bond donors (Lipinski definition) is 1. The van der Waals surface area contributed by atoms with Crippen LogP contribution in [0.2, 0.25) is 0 Å². The molecule has 0 aliphatic carbocycles. The molecule has 1 aromatic rings. The van der Waals surface area contributed by atoms with Crippen LogP contribution in [-0.2, 0) is 12.4 Å². The van der Waals surface area contributed by atoms with Crippen LogP contribution in [0.15, 0.2) is 12.1 Å². The normalized spacial score (nSPS) is 12.9. The van der Waals surface area contributed by atoms with E-state index in [1.54, 1.807) is 0 Å². The Morgan fingerprint density at radius 3 is 1.62 bits per heavy atom. The fourth-order valence-corrected chi connectivity index (χ4v) is 1.35. The van der Waals surface area contributed by atoms with Crippen molar-refractivity contribution in [2.24, 2.45) is 0 Å². The fourth-order valence-electron chi connectivity index (χ4n) is 1.35. The summed E-state index contributed by atoms with van der Waals surface area (Å²) in [7, 11) is 0. The van der Waals surface area contributed by atoms with Gasteiger partial charge in [-0.2, -0.15) is 26.3 Å². The number of halogens is 6. The Morgan fingerprint density at radius 1 is 0.875 bits per heavy atom. The second-order valence-corrected chi connectivity index (χ2v) is 3.15. The third kappa shape index (κ3) is 2.23. The van der Waals surface area contributed by atoms with Crippen LogP contribution in [0.25, 0.3) is 0 Å². The predicted octanol–water partition coefficient (Wildman–Crippen LogP) is 3.74. The van der Waals surface area contributed by atoms with Gasteiger partial charge in [0.25, 0.3) is 0 Å². The SMILES string of the molecule is Cc1ccc(O)c(C(F)(F)F)c1C(F)(F)F. The largest absolute Gasteiger partial charge is 0.507 e. The number of aryl methyl sites for hydroxylation is 1. The molecular formula is C9H6F6O. The van der Waals surface area contributed by atoms with Crippen LogP contribution in [0.1, 0.15) is 16.7 Å². The molecular weight excluding hydrogens is 238 g/mol. The number of phenolic OH excluding ortho intramolecular Hbond substituents is 1. The zero-order chi connectivity index (χ0) is 12.7. The Labute approximate surface area is 86.3 Å². The standard InChI is InChI=1S/C9H6F6O/c1-4-2-3-5(16)7(9(13,14)15)6(4)8(10,11)12/h2-3,16H,1H3. The quantitative estimate of drug-likeness (QED) is 0.689. The Hall–Kier alpha value is -1.40. The molecule has 0 heterocycles. The molecule has 16 heavy (non-hydrogen) atoms. The first-order valence-corrected chi connectivity index (χ1v) is 4.02. The lowest BCUT2D eigenvalue weighted by Crippen LogP contribution is -2.18. The maximum atomic E-state index is 12.4. The van der Waals surface area contributed by atoms with Crippen molar-refractivity contribution >= 4 is 0 Å². The smallest absolute Gasteiger partial charge is 0.420 e. The molecule has 0 fully saturated rings. The van der Waals surface area contributed by atoms with Gasteiger partial charge in [0, 0.05) is 0 Å². The van der Waals surface area contributed by atoms with Gasteiger partial charge >= 0.3 is 12.4 Å². The average molecular weight is 244 g/mol. The molecule has 0 unspecified atom stereocenters. The van der Waals surface area contributed by atoms with E-state index in [1.807, 2.05) is 0 Å². The first-order chi connectivity index (χ1) is 7.05. The highest BCUT2D eigenvalue weighted by atomic mass is 19.4. The minimum Gasteiger partial charge on any atom is -0.507 e. The second-order valence-electron chi connectivity index (χ2n) is 3.15. The summed E-state index contributed by atoms with van der Waals surface area (Å²) in [5, 5.41) is 8.89. The van der Waals surface area contributed by atoms with Crippen molar-refractivity contribution in [2.45, 2.75) is 19.3 Å². The molecule has 90 valence electrons. The topological polar surface area (TPSA) is 20.2 Å². The van der Waals surface area contributed by atoms with Crippen molar-refractivity contribution in [3.05, 3.63) is 28.8 Å². The van der Waals surface area contributed by atoms with Crippen LogP contribution in [0.3, 0.4) is 0 Å². The van der Waals surface area contributed by atoms with E-state index in [9.17, 15) is 26.3 Å². The van der Waals surface area contributed by atoms with Gasteiger partial charge in [-0.1, -0.05) is 6.07 Å². The monoisotopic (exact) mass is 244 g/mol. The molecule has 7 heteroatoms.